The Morgan fingerprint density at radius 2 is 2.16 bits per heavy atom. The minimum atomic E-state index is -0.696. The number of hydrogen-bond acceptors (Lipinski definition) is 3. The Balaban J connectivity index is 2.01. The molecule has 2 amide bonds. The van der Waals surface area contributed by atoms with Crippen molar-refractivity contribution in [3.05, 3.63) is 0 Å². The van der Waals surface area contributed by atoms with E-state index in [0.717, 1.165) is 12.8 Å². The Hall–Kier alpha value is -1.10. The molecule has 19 heavy (non-hydrogen) atoms. The van der Waals surface area contributed by atoms with Crippen LogP contribution in [-0.4, -0.2) is 48.6 Å². The smallest absolute Gasteiger partial charge is 0.245 e. The van der Waals surface area contributed by atoms with Crippen LogP contribution in [0.1, 0.15) is 45.4 Å². The lowest BCUT2D eigenvalue weighted by Gasteiger charge is -2.34. The molecule has 0 aromatic heterocycles. The van der Waals surface area contributed by atoms with Gasteiger partial charge in [-0.2, -0.15) is 0 Å². The van der Waals surface area contributed by atoms with E-state index in [1.165, 1.54) is 12.8 Å². The molecule has 1 unspecified atom stereocenters. The summed E-state index contributed by atoms with van der Waals surface area (Å²) < 4.78 is 5.03. The number of nitrogens with one attached hydrogen (secondary N) is 1. The van der Waals surface area contributed by atoms with Crippen molar-refractivity contribution in [2.24, 2.45) is 0 Å². The largest absolute Gasteiger partial charge is 0.383 e. The fourth-order valence-electron chi connectivity index (χ4n) is 3.10. The number of methoxy groups -OCH3 is 1. The molecule has 0 aromatic carbocycles. The number of nitrogens with zero attached hydrogens (tertiary/aromatic N) is 1. The van der Waals surface area contributed by atoms with Gasteiger partial charge in [0.2, 0.25) is 11.8 Å². The second kappa shape index (κ2) is 5.90. The van der Waals surface area contributed by atoms with Gasteiger partial charge in [0.15, 0.2) is 0 Å². The van der Waals surface area contributed by atoms with Crippen LogP contribution in [0, 0.1) is 0 Å². The van der Waals surface area contributed by atoms with Gasteiger partial charge in [0, 0.05) is 26.1 Å². The van der Waals surface area contributed by atoms with Crippen molar-refractivity contribution < 1.29 is 14.3 Å². The Bertz CT molecular complexity index is 353. The molecule has 1 saturated carbocycles. The van der Waals surface area contributed by atoms with Crippen molar-refractivity contribution in [1.29, 1.82) is 0 Å². The van der Waals surface area contributed by atoms with Crippen LogP contribution in [0.15, 0.2) is 0 Å². The number of amides is 2. The first-order valence-corrected chi connectivity index (χ1v) is 7.18. The van der Waals surface area contributed by atoms with Gasteiger partial charge in [-0.3, -0.25) is 9.59 Å². The molecule has 0 spiro atoms. The molecule has 0 aromatic rings. The lowest BCUT2D eigenvalue weighted by molar-refractivity contribution is -0.141. The molecule has 108 valence electrons. The minimum absolute atomic E-state index is 0.00125. The van der Waals surface area contributed by atoms with Crippen molar-refractivity contribution in [2.75, 3.05) is 20.3 Å². The van der Waals surface area contributed by atoms with Crippen LogP contribution in [0.2, 0.25) is 0 Å². The quantitative estimate of drug-likeness (QED) is 0.811. The molecule has 2 aliphatic rings. The van der Waals surface area contributed by atoms with Crippen molar-refractivity contribution >= 4 is 11.8 Å². The van der Waals surface area contributed by atoms with E-state index < -0.39 is 5.54 Å². The molecule has 5 nitrogen and oxygen atoms in total. The van der Waals surface area contributed by atoms with Gasteiger partial charge < -0.3 is 15.0 Å². The normalized spacial score (nSPS) is 28.1. The SMILES string of the molecule is COCCN1C(=O)CCC1(C)C(=O)NC1CCCC1. The first-order valence-electron chi connectivity index (χ1n) is 7.18. The number of hydrogen-bond donors (Lipinski definition) is 1. The molecule has 1 N–H and O–H groups in total. The number of carbonyl (C=O) groups excluding carboxylic acids is 2. The predicted molar refractivity (Wildman–Crippen MR) is 71.6 cm³/mol. The summed E-state index contributed by atoms with van der Waals surface area (Å²) in [6, 6.07) is 0.296. The molecule has 0 bridgehead atoms. The number of rotatable bonds is 5. The molecule has 1 saturated heterocycles. The second-order valence-electron chi connectivity index (χ2n) is 5.77. The lowest BCUT2D eigenvalue weighted by Crippen LogP contribution is -2.56. The molecule has 1 aliphatic carbocycles. The summed E-state index contributed by atoms with van der Waals surface area (Å²) in [7, 11) is 1.61. The fraction of sp³-hybridized carbons (Fsp3) is 0.857. The zero-order valence-electron chi connectivity index (χ0n) is 11.9. The van der Waals surface area contributed by atoms with Crippen LogP contribution in [0.4, 0.5) is 0 Å². The molecule has 2 rings (SSSR count). The summed E-state index contributed by atoms with van der Waals surface area (Å²) in [4.78, 5) is 26.1. The van der Waals surface area contributed by atoms with Crippen LogP contribution in [0.25, 0.3) is 0 Å². The van der Waals surface area contributed by atoms with Gasteiger partial charge in [0.05, 0.1) is 6.61 Å². The summed E-state index contributed by atoms with van der Waals surface area (Å²) in [5, 5.41) is 3.11. The highest BCUT2D eigenvalue weighted by Gasteiger charge is 2.47. The van der Waals surface area contributed by atoms with Crippen LogP contribution in [0.3, 0.4) is 0 Å². The third kappa shape index (κ3) is 2.91. The van der Waals surface area contributed by atoms with Crippen LogP contribution in [0.5, 0.6) is 0 Å². The molecule has 2 fully saturated rings. The van der Waals surface area contributed by atoms with Gasteiger partial charge >= 0.3 is 0 Å². The minimum Gasteiger partial charge on any atom is -0.383 e. The van der Waals surface area contributed by atoms with Crippen LogP contribution in [-0.2, 0) is 14.3 Å². The summed E-state index contributed by atoms with van der Waals surface area (Å²) >= 11 is 0. The highest BCUT2D eigenvalue weighted by Crippen LogP contribution is 2.31. The number of ether oxygens (including phenoxy) is 1. The number of carbonyl (C=O) groups is 2. The molecular weight excluding hydrogens is 244 g/mol. The highest BCUT2D eigenvalue weighted by atomic mass is 16.5. The summed E-state index contributed by atoms with van der Waals surface area (Å²) in [5.74, 6) is 0.0578. The van der Waals surface area contributed by atoms with E-state index >= 15 is 0 Å². The molecule has 1 aliphatic heterocycles. The Labute approximate surface area is 114 Å². The summed E-state index contributed by atoms with van der Waals surface area (Å²) in [6.45, 7) is 2.83. The Morgan fingerprint density at radius 1 is 1.47 bits per heavy atom. The van der Waals surface area contributed by atoms with Gasteiger partial charge in [-0.15, -0.1) is 0 Å². The average Bonchev–Trinajstić information content (AvgIpc) is 2.98. The van der Waals surface area contributed by atoms with E-state index in [0.29, 0.717) is 32.0 Å². The highest BCUT2D eigenvalue weighted by molar-refractivity contribution is 5.94. The van der Waals surface area contributed by atoms with Gasteiger partial charge in [-0.05, 0) is 26.2 Å². The Kier molecular flexibility index (Phi) is 4.45. The molecule has 1 atom stereocenters. The monoisotopic (exact) mass is 268 g/mol. The summed E-state index contributed by atoms with van der Waals surface area (Å²) in [5.41, 5.74) is -0.696. The van der Waals surface area contributed by atoms with Crippen molar-refractivity contribution in [3.8, 4) is 0 Å². The number of likely N-dealkylation sites (tertiary alicyclic amines) is 1. The Morgan fingerprint density at radius 3 is 2.79 bits per heavy atom. The van der Waals surface area contributed by atoms with E-state index in [1.54, 1.807) is 12.0 Å². The van der Waals surface area contributed by atoms with E-state index in [4.69, 9.17) is 4.74 Å². The molecule has 1 heterocycles. The molecule has 0 radical (unpaired) electrons. The summed E-state index contributed by atoms with van der Waals surface area (Å²) in [6.07, 6.45) is 5.57. The second-order valence-corrected chi connectivity index (χ2v) is 5.77. The van der Waals surface area contributed by atoms with Crippen molar-refractivity contribution in [1.82, 2.24) is 10.2 Å². The van der Waals surface area contributed by atoms with Crippen molar-refractivity contribution in [2.45, 2.75) is 57.0 Å². The zero-order chi connectivity index (χ0) is 13.9. The van der Waals surface area contributed by atoms with Crippen LogP contribution >= 0.6 is 0 Å². The van der Waals surface area contributed by atoms with Gasteiger partial charge in [0.1, 0.15) is 5.54 Å². The van der Waals surface area contributed by atoms with E-state index in [1.807, 2.05) is 6.92 Å². The maximum absolute atomic E-state index is 12.5. The standard InChI is InChI=1S/C14H24N2O3/c1-14(13(18)15-11-5-3-4-6-11)8-7-12(17)16(14)9-10-19-2/h11H,3-10H2,1-2H3,(H,15,18). The molecular formula is C14H24N2O3. The van der Waals surface area contributed by atoms with Crippen molar-refractivity contribution in [3.63, 3.8) is 0 Å². The first-order chi connectivity index (χ1) is 9.08. The topological polar surface area (TPSA) is 58.6 Å². The fourth-order valence-corrected chi connectivity index (χ4v) is 3.10. The average molecular weight is 268 g/mol. The van der Waals surface area contributed by atoms with Gasteiger partial charge in [-0.1, -0.05) is 12.8 Å². The van der Waals surface area contributed by atoms with Crippen LogP contribution < -0.4 is 5.32 Å². The van der Waals surface area contributed by atoms with Gasteiger partial charge in [-0.25, -0.2) is 0 Å². The maximum atomic E-state index is 12.5. The predicted octanol–water partition coefficient (Wildman–Crippen LogP) is 1.07. The third-order valence-electron chi connectivity index (χ3n) is 4.42. The zero-order valence-corrected chi connectivity index (χ0v) is 11.9. The third-order valence-corrected chi connectivity index (χ3v) is 4.42. The molecule has 5 heteroatoms. The van der Waals surface area contributed by atoms with E-state index in [9.17, 15) is 9.59 Å². The van der Waals surface area contributed by atoms with E-state index in [2.05, 4.69) is 5.32 Å². The van der Waals surface area contributed by atoms with Gasteiger partial charge in [0.25, 0.3) is 0 Å². The van der Waals surface area contributed by atoms with E-state index in [-0.39, 0.29) is 11.8 Å². The lowest BCUT2D eigenvalue weighted by atomic mass is 9.97. The maximum Gasteiger partial charge on any atom is 0.245 e. The first kappa shape index (κ1) is 14.3.